The molecule has 0 bridgehead atoms. The first-order valence-electron chi connectivity index (χ1n) is 12.2. The first-order valence-corrected chi connectivity index (χ1v) is 14.4. The number of hydrogen-bond acceptors (Lipinski definition) is 9. The Hall–Kier alpha value is -3.22. The molecule has 4 aromatic rings. The van der Waals surface area contributed by atoms with Gasteiger partial charge in [0.05, 0.1) is 48.9 Å². The number of rotatable bonds is 9. The number of thioether (sulfide) groups is 1. The van der Waals surface area contributed by atoms with Gasteiger partial charge in [0.1, 0.15) is 0 Å². The predicted octanol–water partition coefficient (Wildman–Crippen LogP) is 6.56. The molecule has 210 valence electrons. The highest BCUT2D eigenvalue weighted by molar-refractivity contribution is 8.00. The van der Waals surface area contributed by atoms with Gasteiger partial charge in [-0.2, -0.15) is 0 Å². The quantitative estimate of drug-likeness (QED) is 0.198. The number of thiazole rings is 1. The molecule has 2 aromatic carbocycles. The molecular formula is C27H25ClF2N4O4S2. The van der Waals surface area contributed by atoms with Gasteiger partial charge in [-0.15, -0.1) is 33.3 Å². The summed E-state index contributed by atoms with van der Waals surface area (Å²) in [5, 5.41) is 8.59. The molecule has 1 aliphatic rings. The lowest BCUT2D eigenvalue weighted by molar-refractivity contribution is -0.140. The van der Waals surface area contributed by atoms with Gasteiger partial charge in [0.2, 0.25) is 5.82 Å². The van der Waals surface area contributed by atoms with Crippen molar-refractivity contribution in [3.8, 4) is 17.2 Å². The van der Waals surface area contributed by atoms with Crippen LogP contribution in [0.5, 0.6) is 11.5 Å². The smallest absolute Gasteiger partial charge is 0.305 e. The Morgan fingerprint density at radius 3 is 2.67 bits per heavy atom. The number of benzene rings is 2. The fourth-order valence-electron chi connectivity index (χ4n) is 4.69. The summed E-state index contributed by atoms with van der Waals surface area (Å²) in [7, 11) is 4.48. The molecule has 0 unspecified atom stereocenters. The first-order chi connectivity index (χ1) is 19.3. The second-order valence-electron chi connectivity index (χ2n) is 8.84. The normalized spacial score (nSPS) is 16.3. The van der Waals surface area contributed by atoms with E-state index in [1.165, 1.54) is 34.8 Å². The summed E-state index contributed by atoms with van der Waals surface area (Å²) in [6.07, 6.45) is 0.0384. The van der Waals surface area contributed by atoms with Crippen molar-refractivity contribution in [1.82, 2.24) is 19.7 Å². The van der Waals surface area contributed by atoms with Gasteiger partial charge in [0.15, 0.2) is 17.3 Å². The lowest BCUT2D eigenvalue weighted by Gasteiger charge is -2.23. The van der Waals surface area contributed by atoms with E-state index in [1.807, 2.05) is 12.1 Å². The third-order valence-electron chi connectivity index (χ3n) is 6.49. The number of carbonyl (C=O) groups is 1. The van der Waals surface area contributed by atoms with Crippen LogP contribution >= 0.6 is 34.7 Å². The number of para-hydroxylation sites is 1. The molecule has 0 amide bonds. The summed E-state index contributed by atoms with van der Waals surface area (Å²) in [6, 6.07) is 10.8. The molecule has 0 saturated heterocycles. The number of alkyl halides is 2. The number of ether oxygens (including phenoxy) is 3. The summed E-state index contributed by atoms with van der Waals surface area (Å²) in [4.78, 5) is 17.1. The zero-order valence-electron chi connectivity index (χ0n) is 21.8. The highest BCUT2D eigenvalue weighted by Gasteiger charge is 2.37. The Morgan fingerprint density at radius 2 is 1.95 bits per heavy atom. The maximum absolute atomic E-state index is 14.2. The zero-order chi connectivity index (χ0) is 28.4. The van der Waals surface area contributed by atoms with Crippen molar-refractivity contribution >= 4 is 40.7 Å². The van der Waals surface area contributed by atoms with E-state index in [0.29, 0.717) is 46.4 Å². The van der Waals surface area contributed by atoms with Gasteiger partial charge in [-0.1, -0.05) is 23.7 Å². The van der Waals surface area contributed by atoms with Crippen LogP contribution in [0.1, 0.15) is 56.0 Å². The number of nitrogens with zero attached hydrogens (tertiary/aromatic N) is 4. The van der Waals surface area contributed by atoms with Crippen LogP contribution in [-0.4, -0.2) is 47.0 Å². The number of hydrogen-bond donors (Lipinski definition) is 0. The van der Waals surface area contributed by atoms with E-state index in [1.54, 1.807) is 44.7 Å². The molecule has 0 fully saturated rings. The van der Waals surface area contributed by atoms with Crippen LogP contribution in [0.25, 0.3) is 5.69 Å². The maximum atomic E-state index is 14.2. The van der Waals surface area contributed by atoms with Gasteiger partial charge in [0, 0.05) is 28.1 Å². The molecule has 13 heteroatoms. The summed E-state index contributed by atoms with van der Waals surface area (Å²) in [5.74, 6) is 0.736. The number of carbonyl (C=O) groups excluding carboxylic acids is 1. The van der Waals surface area contributed by atoms with Gasteiger partial charge >= 0.3 is 5.97 Å². The molecule has 8 nitrogen and oxygen atoms in total. The molecule has 0 spiro atoms. The van der Waals surface area contributed by atoms with Crippen molar-refractivity contribution in [3.63, 3.8) is 0 Å². The molecule has 1 aliphatic heterocycles. The van der Waals surface area contributed by atoms with Crippen LogP contribution in [0.15, 0.2) is 42.6 Å². The minimum absolute atomic E-state index is 0.246. The molecule has 2 atom stereocenters. The monoisotopic (exact) mass is 606 g/mol. The van der Waals surface area contributed by atoms with E-state index in [9.17, 15) is 13.6 Å². The number of aryl methyl sites for hydroxylation is 1. The van der Waals surface area contributed by atoms with Crippen molar-refractivity contribution in [2.75, 3.05) is 21.3 Å². The first kappa shape index (κ1) is 28.3. The van der Waals surface area contributed by atoms with Gasteiger partial charge < -0.3 is 14.2 Å². The van der Waals surface area contributed by atoms with Gasteiger partial charge in [0.25, 0.3) is 6.43 Å². The second-order valence-corrected chi connectivity index (χ2v) is 11.8. The van der Waals surface area contributed by atoms with Crippen LogP contribution in [0.4, 0.5) is 8.78 Å². The maximum Gasteiger partial charge on any atom is 0.305 e. The Kier molecular flexibility index (Phi) is 8.57. The van der Waals surface area contributed by atoms with E-state index in [4.69, 9.17) is 25.8 Å². The Bertz CT molecular complexity index is 1530. The lowest BCUT2D eigenvalue weighted by Crippen LogP contribution is -2.09. The van der Waals surface area contributed by atoms with Gasteiger partial charge in [-0.05, 0) is 36.2 Å². The highest BCUT2D eigenvalue weighted by Crippen LogP contribution is 2.54. The Morgan fingerprint density at radius 1 is 1.12 bits per heavy atom. The van der Waals surface area contributed by atoms with E-state index < -0.39 is 17.5 Å². The molecule has 0 saturated carbocycles. The minimum Gasteiger partial charge on any atom is -0.493 e. The average molecular weight is 607 g/mol. The van der Waals surface area contributed by atoms with E-state index in [-0.39, 0.29) is 17.6 Å². The molecule has 0 radical (unpaired) electrons. The van der Waals surface area contributed by atoms with Crippen molar-refractivity contribution in [1.29, 1.82) is 0 Å². The van der Waals surface area contributed by atoms with Crippen molar-refractivity contribution in [3.05, 3.63) is 80.3 Å². The third kappa shape index (κ3) is 5.52. The zero-order valence-corrected chi connectivity index (χ0v) is 24.2. The van der Waals surface area contributed by atoms with E-state index in [2.05, 4.69) is 15.2 Å². The number of halogens is 3. The fraction of sp³-hybridized carbons (Fsp3) is 0.333. The van der Waals surface area contributed by atoms with Crippen LogP contribution in [0.2, 0.25) is 5.02 Å². The molecule has 5 rings (SSSR count). The minimum atomic E-state index is -2.84. The predicted molar refractivity (Wildman–Crippen MR) is 149 cm³/mol. The standard InChI is InChI=1S/C27H25ClF2N4O4S2/c1-36-19-6-4-5-16(23(19)38-3)24-17-11-14(28)7-9-18(17)34-26(32-33-27(34)25(29)30)20(40-24)12-21-31-13-15(39-21)8-10-22(35)37-2/h4-7,9,11,13,20,24-25H,8,10,12H2,1-3H3/t20-,24-/m0/s1. The van der Waals surface area contributed by atoms with Gasteiger partial charge in [-0.25, -0.2) is 13.8 Å². The number of methoxy groups -OCH3 is 3. The third-order valence-corrected chi connectivity index (χ3v) is 9.29. The van der Waals surface area contributed by atoms with Crippen molar-refractivity contribution < 1.29 is 27.8 Å². The molecule has 3 heterocycles. The van der Waals surface area contributed by atoms with E-state index in [0.717, 1.165) is 15.4 Å². The highest BCUT2D eigenvalue weighted by atomic mass is 35.5. The van der Waals surface area contributed by atoms with Crippen LogP contribution < -0.4 is 9.47 Å². The average Bonchev–Trinajstić information content (AvgIpc) is 3.58. The molecule has 0 aliphatic carbocycles. The van der Waals surface area contributed by atoms with Crippen LogP contribution in [0, 0.1) is 0 Å². The Balaban J connectivity index is 1.63. The summed E-state index contributed by atoms with van der Waals surface area (Å²) in [6.45, 7) is 0. The summed E-state index contributed by atoms with van der Waals surface area (Å²) >= 11 is 9.45. The molecule has 40 heavy (non-hydrogen) atoms. The van der Waals surface area contributed by atoms with Gasteiger partial charge in [-0.3, -0.25) is 9.36 Å². The molecular weight excluding hydrogens is 582 g/mol. The molecule has 2 aromatic heterocycles. The van der Waals surface area contributed by atoms with Crippen molar-refractivity contribution in [2.45, 2.75) is 36.2 Å². The number of fused-ring (bicyclic) bond motifs is 3. The van der Waals surface area contributed by atoms with Crippen LogP contribution in [0.3, 0.4) is 0 Å². The number of esters is 1. The lowest BCUT2D eigenvalue weighted by atomic mass is 10.0. The molecule has 0 N–H and O–H groups in total. The summed E-state index contributed by atoms with van der Waals surface area (Å²) < 4.78 is 45.9. The second kappa shape index (κ2) is 12.1. The largest absolute Gasteiger partial charge is 0.493 e. The van der Waals surface area contributed by atoms with E-state index >= 15 is 0 Å². The van der Waals surface area contributed by atoms with Crippen molar-refractivity contribution in [2.24, 2.45) is 0 Å². The summed E-state index contributed by atoms with van der Waals surface area (Å²) in [5.41, 5.74) is 2.03. The Labute approximate surface area is 242 Å². The fourth-order valence-corrected chi connectivity index (χ4v) is 7.46. The SMILES string of the molecule is COC(=O)CCc1cnc(C[C@@H]2S[C@@H](c3cccc(OC)c3OC)c3cc(Cl)ccc3-n3c(C(F)F)nnc32)s1. The topological polar surface area (TPSA) is 88.4 Å². The number of aromatic nitrogens is 4. The van der Waals surface area contributed by atoms with Crippen LogP contribution in [-0.2, 0) is 22.4 Å².